The minimum absolute atomic E-state index is 0.0947. The van der Waals surface area contributed by atoms with Crippen LogP contribution < -0.4 is 0 Å². The number of hydrogen-bond donors (Lipinski definition) is 1. The largest absolute Gasteiger partial charge is 0.388 e. The number of carbonyl (C=O) groups is 1. The summed E-state index contributed by atoms with van der Waals surface area (Å²) in [6.07, 6.45) is 1.94. The van der Waals surface area contributed by atoms with Crippen LogP contribution in [0.15, 0.2) is 12.7 Å². The lowest BCUT2D eigenvalue weighted by atomic mass is 10.1. The van der Waals surface area contributed by atoms with Crippen LogP contribution >= 0.6 is 0 Å². The average molecular weight is 155 g/mol. The number of likely N-dealkylation sites (tertiary alicyclic amines) is 1. The molecule has 1 heterocycles. The van der Waals surface area contributed by atoms with Gasteiger partial charge in [-0.2, -0.15) is 0 Å². The first-order chi connectivity index (χ1) is 5.05. The lowest BCUT2D eigenvalue weighted by Crippen LogP contribution is -2.32. The molecule has 1 N–H and O–H groups in total. The maximum atomic E-state index is 11.0. The quantitative estimate of drug-likeness (QED) is 0.548. The summed E-state index contributed by atoms with van der Waals surface area (Å²) in [5, 5.41) is 9.48. The van der Waals surface area contributed by atoms with Crippen molar-refractivity contribution in [3.8, 4) is 0 Å². The molecule has 11 heavy (non-hydrogen) atoms. The summed E-state index contributed by atoms with van der Waals surface area (Å²) in [5.41, 5.74) is -0.696. The SMILES string of the molecule is C=CC(=O)N1CCC(C)(O)C1. The Kier molecular flexibility index (Phi) is 2.00. The summed E-state index contributed by atoms with van der Waals surface area (Å²) < 4.78 is 0. The van der Waals surface area contributed by atoms with Crippen LogP contribution in [0.3, 0.4) is 0 Å². The van der Waals surface area contributed by atoms with Crippen molar-refractivity contribution in [1.29, 1.82) is 0 Å². The Balaban J connectivity index is 2.54. The number of rotatable bonds is 1. The number of aliphatic hydroxyl groups is 1. The molecule has 0 saturated carbocycles. The molecule has 0 bridgehead atoms. The Morgan fingerprint density at radius 2 is 2.45 bits per heavy atom. The monoisotopic (exact) mass is 155 g/mol. The molecule has 0 spiro atoms. The van der Waals surface area contributed by atoms with Gasteiger partial charge in [0, 0.05) is 13.1 Å². The number of carbonyl (C=O) groups excluding carboxylic acids is 1. The van der Waals surface area contributed by atoms with Crippen LogP contribution in [0.25, 0.3) is 0 Å². The Morgan fingerprint density at radius 3 is 2.82 bits per heavy atom. The average Bonchev–Trinajstić information content (AvgIpc) is 2.29. The molecule has 1 atom stereocenters. The van der Waals surface area contributed by atoms with E-state index in [1.807, 2.05) is 0 Å². The first kappa shape index (κ1) is 8.27. The summed E-state index contributed by atoms with van der Waals surface area (Å²) >= 11 is 0. The van der Waals surface area contributed by atoms with Crippen molar-refractivity contribution in [2.24, 2.45) is 0 Å². The third-order valence-corrected chi connectivity index (χ3v) is 1.94. The molecule has 0 radical (unpaired) electrons. The van der Waals surface area contributed by atoms with Crippen LogP contribution in [-0.2, 0) is 4.79 Å². The first-order valence-electron chi connectivity index (χ1n) is 3.69. The minimum atomic E-state index is -0.696. The fourth-order valence-corrected chi connectivity index (χ4v) is 1.26. The molecule has 0 aliphatic carbocycles. The second-order valence-corrected chi connectivity index (χ2v) is 3.21. The molecule has 1 rings (SSSR count). The molecule has 0 aromatic rings. The molecule has 1 saturated heterocycles. The summed E-state index contributed by atoms with van der Waals surface area (Å²) in [7, 11) is 0. The molecule has 1 unspecified atom stereocenters. The summed E-state index contributed by atoms with van der Waals surface area (Å²) in [6.45, 7) is 6.18. The van der Waals surface area contributed by atoms with E-state index in [4.69, 9.17) is 0 Å². The van der Waals surface area contributed by atoms with Gasteiger partial charge < -0.3 is 10.0 Å². The third-order valence-electron chi connectivity index (χ3n) is 1.94. The summed E-state index contributed by atoms with van der Waals surface area (Å²) in [5.74, 6) is -0.0947. The van der Waals surface area contributed by atoms with E-state index in [1.54, 1.807) is 11.8 Å². The molecule has 3 heteroatoms. The van der Waals surface area contributed by atoms with Crippen LogP contribution in [-0.4, -0.2) is 34.6 Å². The van der Waals surface area contributed by atoms with Gasteiger partial charge in [-0.3, -0.25) is 4.79 Å². The molecular formula is C8H13NO2. The summed E-state index contributed by atoms with van der Waals surface area (Å²) in [4.78, 5) is 12.6. The fourth-order valence-electron chi connectivity index (χ4n) is 1.26. The van der Waals surface area contributed by atoms with Crippen molar-refractivity contribution < 1.29 is 9.90 Å². The van der Waals surface area contributed by atoms with Gasteiger partial charge in [0.2, 0.25) is 5.91 Å². The standard InChI is InChI=1S/C8H13NO2/c1-3-7(10)9-5-4-8(2,11)6-9/h3,11H,1,4-6H2,2H3. The maximum absolute atomic E-state index is 11.0. The number of nitrogens with zero attached hydrogens (tertiary/aromatic N) is 1. The highest BCUT2D eigenvalue weighted by Gasteiger charge is 2.32. The van der Waals surface area contributed by atoms with Crippen molar-refractivity contribution in [2.45, 2.75) is 18.9 Å². The van der Waals surface area contributed by atoms with Gasteiger partial charge >= 0.3 is 0 Å². The molecule has 3 nitrogen and oxygen atoms in total. The van der Waals surface area contributed by atoms with E-state index in [9.17, 15) is 9.90 Å². The smallest absolute Gasteiger partial charge is 0.246 e. The molecule has 62 valence electrons. The highest BCUT2D eigenvalue weighted by molar-refractivity contribution is 5.87. The van der Waals surface area contributed by atoms with Gasteiger partial charge in [0.15, 0.2) is 0 Å². The van der Waals surface area contributed by atoms with Gasteiger partial charge in [-0.1, -0.05) is 6.58 Å². The van der Waals surface area contributed by atoms with Crippen LogP contribution in [0.1, 0.15) is 13.3 Å². The molecule has 0 aromatic heterocycles. The number of hydrogen-bond acceptors (Lipinski definition) is 2. The van der Waals surface area contributed by atoms with Gasteiger partial charge in [0.1, 0.15) is 0 Å². The molecule has 1 aliphatic heterocycles. The zero-order valence-electron chi connectivity index (χ0n) is 6.71. The van der Waals surface area contributed by atoms with Gasteiger partial charge in [-0.25, -0.2) is 0 Å². The van der Waals surface area contributed by atoms with E-state index in [0.717, 1.165) is 0 Å². The van der Waals surface area contributed by atoms with Crippen molar-refractivity contribution >= 4 is 5.91 Å². The van der Waals surface area contributed by atoms with Crippen LogP contribution in [0.2, 0.25) is 0 Å². The van der Waals surface area contributed by atoms with Gasteiger partial charge in [-0.15, -0.1) is 0 Å². The Bertz CT molecular complexity index is 187. The lowest BCUT2D eigenvalue weighted by molar-refractivity contribution is -0.125. The molecular weight excluding hydrogens is 142 g/mol. The van der Waals surface area contributed by atoms with E-state index in [-0.39, 0.29) is 5.91 Å². The second-order valence-electron chi connectivity index (χ2n) is 3.21. The van der Waals surface area contributed by atoms with E-state index in [1.165, 1.54) is 6.08 Å². The van der Waals surface area contributed by atoms with Crippen molar-refractivity contribution in [3.05, 3.63) is 12.7 Å². The van der Waals surface area contributed by atoms with Crippen LogP contribution in [0.4, 0.5) is 0 Å². The Hall–Kier alpha value is -0.830. The maximum Gasteiger partial charge on any atom is 0.246 e. The van der Waals surface area contributed by atoms with Crippen LogP contribution in [0, 0.1) is 0 Å². The normalized spacial score (nSPS) is 30.5. The zero-order valence-corrected chi connectivity index (χ0v) is 6.71. The topological polar surface area (TPSA) is 40.5 Å². The van der Waals surface area contributed by atoms with E-state index >= 15 is 0 Å². The van der Waals surface area contributed by atoms with E-state index in [0.29, 0.717) is 19.5 Å². The zero-order chi connectivity index (χ0) is 8.48. The van der Waals surface area contributed by atoms with Crippen molar-refractivity contribution in [3.63, 3.8) is 0 Å². The fraction of sp³-hybridized carbons (Fsp3) is 0.625. The van der Waals surface area contributed by atoms with E-state index < -0.39 is 5.60 Å². The Labute approximate surface area is 66.3 Å². The predicted molar refractivity (Wildman–Crippen MR) is 42.0 cm³/mol. The lowest BCUT2D eigenvalue weighted by Gasteiger charge is -2.17. The number of amides is 1. The highest BCUT2D eigenvalue weighted by Crippen LogP contribution is 2.19. The predicted octanol–water partition coefficient (Wildman–Crippen LogP) is 0.156. The minimum Gasteiger partial charge on any atom is -0.388 e. The molecule has 1 aliphatic rings. The first-order valence-corrected chi connectivity index (χ1v) is 3.69. The number of β-amino-alcohol motifs (C(OH)–C–C–N with tert-alkyl or cyclic N) is 1. The van der Waals surface area contributed by atoms with Crippen LogP contribution in [0.5, 0.6) is 0 Å². The molecule has 0 aromatic carbocycles. The third kappa shape index (κ3) is 1.80. The van der Waals surface area contributed by atoms with Crippen molar-refractivity contribution in [1.82, 2.24) is 4.90 Å². The van der Waals surface area contributed by atoms with Gasteiger partial charge in [0.25, 0.3) is 0 Å². The second kappa shape index (κ2) is 2.66. The summed E-state index contributed by atoms with van der Waals surface area (Å²) in [6, 6.07) is 0. The van der Waals surface area contributed by atoms with Gasteiger partial charge in [0.05, 0.1) is 5.60 Å². The molecule has 1 amide bonds. The van der Waals surface area contributed by atoms with Gasteiger partial charge in [-0.05, 0) is 19.4 Å². The molecule has 1 fully saturated rings. The Morgan fingerprint density at radius 1 is 1.82 bits per heavy atom. The van der Waals surface area contributed by atoms with Crippen molar-refractivity contribution in [2.75, 3.05) is 13.1 Å². The van der Waals surface area contributed by atoms with E-state index in [2.05, 4.69) is 6.58 Å². The highest BCUT2D eigenvalue weighted by atomic mass is 16.3.